The molecule has 142 valence electrons. The Balaban J connectivity index is 0.00000576. The first-order valence-corrected chi connectivity index (χ1v) is 7.87. The Morgan fingerprint density at radius 1 is 1.00 bits per heavy atom. The van der Waals surface area contributed by atoms with Gasteiger partial charge in [-0.25, -0.2) is 0 Å². The lowest BCUT2D eigenvalue weighted by atomic mass is 9.79. The van der Waals surface area contributed by atoms with Gasteiger partial charge >= 0.3 is 11.9 Å². The van der Waals surface area contributed by atoms with Crippen LogP contribution in [-0.2, 0) is 22.4 Å². The van der Waals surface area contributed by atoms with E-state index in [4.69, 9.17) is 5.73 Å². The number of nitrogens with two attached hydrogens (primary N) is 1. The highest BCUT2D eigenvalue weighted by atomic mass is 35.5. The zero-order chi connectivity index (χ0) is 18.7. The number of carbonyl (C=O) groups is 2. The Bertz CT molecular complexity index is 628. The summed E-state index contributed by atoms with van der Waals surface area (Å²) >= 11 is 0. The quantitative estimate of drug-likeness (QED) is 0.555. The van der Waals surface area contributed by atoms with Gasteiger partial charge in [-0.05, 0) is 57.2 Å². The number of hydrogen-bond donors (Lipinski definition) is 4. The number of rotatable bonds is 8. The minimum absolute atomic E-state index is 0. The van der Waals surface area contributed by atoms with Crippen LogP contribution in [0.15, 0.2) is 18.2 Å². The highest BCUT2D eigenvalue weighted by Crippen LogP contribution is 2.31. The third kappa shape index (κ3) is 5.99. The van der Waals surface area contributed by atoms with Crippen LogP contribution in [0.5, 0.6) is 0 Å². The molecule has 0 aliphatic carbocycles. The molecule has 7 heteroatoms. The summed E-state index contributed by atoms with van der Waals surface area (Å²) in [6.07, 6.45) is -0.330. The molecule has 0 saturated heterocycles. The van der Waals surface area contributed by atoms with Crippen molar-refractivity contribution in [1.82, 2.24) is 0 Å². The Hall–Kier alpha value is -1.63. The van der Waals surface area contributed by atoms with Gasteiger partial charge in [0.2, 0.25) is 0 Å². The number of hydrogen-bond acceptors (Lipinski definition) is 4. The van der Waals surface area contributed by atoms with Gasteiger partial charge < -0.3 is 21.1 Å². The van der Waals surface area contributed by atoms with Crippen molar-refractivity contribution in [3.63, 3.8) is 0 Å². The van der Waals surface area contributed by atoms with Gasteiger partial charge in [0.05, 0.1) is 16.9 Å². The minimum Gasteiger partial charge on any atom is -0.481 e. The van der Waals surface area contributed by atoms with Crippen molar-refractivity contribution in [2.75, 3.05) is 6.54 Å². The van der Waals surface area contributed by atoms with Crippen molar-refractivity contribution < 1.29 is 24.9 Å². The summed E-state index contributed by atoms with van der Waals surface area (Å²) in [5, 5.41) is 28.7. The second-order valence-corrected chi connectivity index (χ2v) is 7.51. The van der Waals surface area contributed by atoms with E-state index in [2.05, 4.69) is 0 Å². The summed E-state index contributed by atoms with van der Waals surface area (Å²) in [5.74, 6) is -1.85. The molecule has 1 rings (SSSR count). The van der Waals surface area contributed by atoms with E-state index in [0.29, 0.717) is 5.56 Å². The number of aliphatic hydroxyl groups excluding tert-OH is 1. The molecule has 1 aromatic rings. The molecule has 6 nitrogen and oxygen atoms in total. The number of aliphatic carboxylic acids is 2. The molecule has 1 aromatic carbocycles. The molecule has 0 bridgehead atoms. The van der Waals surface area contributed by atoms with Gasteiger partial charge in [-0.1, -0.05) is 18.2 Å². The van der Waals surface area contributed by atoms with Crippen molar-refractivity contribution in [3.05, 3.63) is 34.9 Å². The van der Waals surface area contributed by atoms with E-state index in [1.807, 2.05) is 0 Å². The van der Waals surface area contributed by atoms with Gasteiger partial charge in [-0.15, -0.1) is 12.4 Å². The maximum absolute atomic E-state index is 11.4. The second kappa shape index (κ2) is 8.65. The fourth-order valence-corrected chi connectivity index (χ4v) is 2.43. The van der Waals surface area contributed by atoms with Crippen LogP contribution >= 0.6 is 12.4 Å². The first kappa shape index (κ1) is 23.4. The van der Waals surface area contributed by atoms with Gasteiger partial charge in [-0.3, -0.25) is 9.59 Å². The summed E-state index contributed by atoms with van der Waals surface area (Å²) in [6.45, 7) is 6.55. The molecule has 1 atom stereocenters. The smallest absolute Gasteiger partial charge is 0.309 e. The first-order chi connectivity index (χ1) is 10.9. The fourth-order valence-electron chi connectivity index (χ4n) is 2.43. The third-order valence-corrected chi connectivity index (χ3v) is 4.26. The van der Waals surface area contributed by atoms with E-state index < -0.39 is 28.9 Å². The zero-order valence-corrected chi connectivity index (χ0v) is 15.9. The lowest BCUT2D eigenvalue weighted by Gasteiger charge is -2.25. The SMILES string of the molecule is CC(C)(Cc1ccc(C(O)CN)cc1CC(C)(C)C(=O)O)C(=O)O.Cl. The van der Waals surface area contributed by atoms with Crippen molar-refractivity contribution in [2.24, 2.45) is 16.6 Å². The van der Waals surface area contributed by atoms with Crippen LogP contribution in [0.2, 0.25) is 0 Å². The molecule has 0 aliphatic heterocycles. The van der Waals surface area contributed by atoms with Gasteiger partial charge in [0.15, 0.2) is 0 Å². The lowest BCUT2D eigenvalue weighted by Crippen LogP contribution is -2.29. The maximum Gasteiger partial charge on any atom is 0.309 e. The lowest BCUT2D eigenvalue weighted by molar-refractivity contribution is -0.147. The summed E-state index contributed by atoms with van der Waals surface area (Å²) < 4.78 is 0. The normalized spacial score (nSPS) is 13.0. The van der Waals surface area contributed by atoms with Crippen LogP contribution in [0.3, 0.4) is 0 Å². The molecule has 0 amide bonds. The van der Waals surface area contributed by atoms with Crippen LogP contribution in [0.1, 0.15) is 50.5 Å². The maximum atomic E-state index is 11.4. The molecule has 25 heavy (non-hydrogen) atoms. The molecule has 5 N–H and O–H groups in total. The number of halogens is 1. The topological polar surface area (TPSA) is 121 Å². The average molecular weight is 374 g/mol. The minimum atomic E-state index is -1.01. The number of carboxylic acids is 2. The zero-order valence-electron chi connectivity index (χ0n) is 15.1. The number of carboxylic acid groups (broad SMARTS) is 2. The molecule has 1 unspecified atom stereocenters. The summed E-state index contributed by atoms with van der Waals surface area (Å²) in [5.41, 5.74) is 5.60. The highest BCUT2D eigenvalue weighted by Gasteiger charge is 2.32. The second-order valence-electron chi connectivity index (χ2n) is 7.51. The molecule has 0 aliphatic rings. The van der Waals surface area contributed by atoms with Crippen LogP contribution < -0.4 is 5.73 Å². The van der Waals surface area contributed by atoms with E-state index >= 15 is 0 Å². The predicted molar refractivity (Wildman–Crippen MR) is 97.9 cm³/mol. The molecule has 0 heterocycles. The average Bonchev–Trinajstić information content (AvgIpc) is 2.47. The van der Waals surface area contributed by atoms with E-state index in [9.17, 15) is 24.9 Å². The van der Waals surface area contributed by atoms with Gasteiger partial charge in [0, 0.05) is 6.54 Å². The first-order valence-electron chi connectivity index (χ1n) is 7.87. The molecular formula is C18H28ClNO5. The fraction of sp³-hybridized carbons (Fsp3) is 0.556. The van der Waals surface area contributed by atoms with Crippen molar-refractivity contribution in [3.8, 4) is 0 Å². The summed E-state index contributed by atoms with van der Waals surface area (Å²) in [6, 6.07) is 5.20. The van der Waals surface area contributed by atoms with Gasteiger partial charge in [0.1, 0.15) is 0 Å². The molecule has 0 fully saturated rings. The van der Waals surface area contributed by atoms with E-state index in [1.54, 1.807) is 45.9 Å². The van der Waals surface area contributed by atoms with Crippen LogP contribution in [0, 0.1) is 10.8 Å². The van der Waals surface area contributed by atoms with Crippen LogP contribution in [-0.4, -0.2) is 33.8 Å². The van der Waals surface area contributed by atoms with Gasteiger partial charge in [0.25, 0.3) is 0 Å². The molecule has 0 spiro atoms. The molecule has 0 saturated carbocycles. The molecule has 0 radical (unpaired) electrons. The van der Waals surface area contributed by atoms with Crippen LogP contribution in [0.4, 0.5) is 0 Å². The third-order valence-electron chi connectivity index (χ3n) is 4.26. The summed E-state index contributed by atoms with van der Waals surface area (Å²) in [7, 11) is 0. The number of aliphatic hydroxyl groups is 1. The van der Waals surface area contributed by atoms with E-state index in [0.717, 1.165) is 11.1 Å². The Morgan fingerprint density at radius 2 is 1.44 bits per heavy atom. The Morgan fingerprint density at radius 3 is 1.84 bits per heavy atom. The molecular weight excluding hydrogens is 346 g/mol. The monoisotopic (exact) mass is 373 g/mol. The highest BCUT2D eigenvalue weighted by molar-refractivity contribution is 5.85. The van der Waals surface area contributed by atoms with Crippen molar-refractivity contribution in [1.29, 1.82) is 0 Å². The summed E-state index contributed by atoms with van der Waals surface area (Å²) in [4.78, 5) is 22.8. The Labute approximate surface area is 154 Å². The predicted octanol–water partition coefficient (Wildman–Crippen LogP) is 2.41. The van der Waals surface area contributed by atoms with Crippen LogP contribution in [0.25, 0.3) is 0 Å². The largest absolute Gasteiger partial charge is 0.481 e. The van der Waals surface area contributed by atoms with E-state index in [1.165, 1.54) is 0 Å². The number of benzene rings is 1. The standard InChI is InChI=1S/C18H27NO5.ClH/c1-17(2,15(21)22)8-12-6-5-11(14(20)10-19)7-13(12)9-18(3,4)16(23)24;/h5-7,14,20H,8-10,19H2,1-4H3,(H,21,22)(H,23,24);1H. The van der Waals surface area contributed by atoms with Crippen molar-refractivity contribution in [2.45, 2.75) is 46.6 Å². The van der Waals surface area contributed by atoms with E-state index in [-0.39, 0.29) is 31.8 Å². The van der Waals surface area contributed by atoms with Gasteiger partial charge in [-0.2, -0.15) is 0 Å². The Kier molecular flexibility index (Phi) is 8.08. The van der Waals surface area contributed by atoms with Crippen molar-refractivity contribution >= 4 is 24.3 Å². The molecule has 0 aromatic heterocycles.